The van der Waals surface area contributed by atoms with Crippen molar-refractivity contribution in [3.05, 3.63) is 46.5 Å². The molecular formula is C22H26Cl2N4O6. The van der Waals surface area contributed by atoms with Crippen LogP contribution in [0.5, 0.6) is 0 Å². The highest BCUT2D eigenvalue weighted by atomic mass is 35.5. The smallest absolute Gasteiger partial charge is 0.318 e. The van der Waals surface area contributed by atoms with Gasteiger partial charge in [-0.2, -0.15) is 0 Å². The number of aromatic nitrogens is 4. The molecule has 4 heterocycles. The lowest BCUT2D eigenvalue weighted by Gasteiger charge is -2.34. The highest BCUT2D eigenvalue weighted by Crippen LogP contribution is 2.36. The minimum Gasteiger partial charge on any atom is -0.481 e. The summed E-state index contributed by atoms with van der Waals surface area (Å²) in [5, 5.41) is 9.59. The van der Waals surface area contributed by atoms with Crippen LogP contribution in [0.2, 0.25) is 10.6 Å². The fourth-order valence-electron chi connectivity index (χ4n) is 4.06. The Morgan fingerprint density at radius 1 is 0.912 bits per heavy atom. The number of nitrogens with zero attached hydrogens (tertiary/aromatic N) is 4. The van der Waals surface area contributed by atoms with Crippen LogP contribution in [-0.2, 0) is 34.6 Å². The molecule has 2 saturated heterocycles. The highest BCUT2D eigenvalue weighted by Gasteiger charge is 2.45. The summed E-state index contributed by atoms with van der Waals surface area (Å²) in [4.78, 5) is 39.5. The zero-order chi connectivity index (χ0) is 24.6. The van der Waals surface area contributed by atoms with E-state index in [1.807, 2.05) is 0 Å². The molecule has 2 aromatic heterocycles. The van der Waals surface area contributed by atoms with E-state index in [0.29, 0.717) is 70.1 Å². The molecule has 0 radical (unpaired) electrons. The Bertz CT molecular complexity index is 997. The van der Waals surface area contributed by atoms with Crippen molar-refractivity contribution in [2.75, 3.05) is 33.0 Å². The third-order valence-electron chi connectivity index (χ3n) is 6.00. The number of carboxylic acid groups (broad SMARTS) is 1. The van der Waals surface area contributed by atoms with Gasteiger partial charge in [0.2, 0.25) is 10.6 Å². The number of hydrogen-bond donors (Lipinski definition) is 1. The van der Waals surface area contributed by atoms with Gasteiger partial charge < -0.3 is 19.3 Å². The summed E-state index contributed by atoms with van der Waals surface area (Å²) in [6.07, 6.45) is 4.97. The van der Waals surface area contributed by atoms with Gasteiger partial charge in [-0.25, -0.2) is 19.9 Å². The fraction of sp³-hybridized carbons (Fsp3) is 0.545. The molecular weight excluding hydrogens is 487 g/mol. The van der Waals surface area contributed by atoms with Gasteiger partial charge >= 0.3 is 11.9 Å². The lowest BCUT2D eigenvalue weighted by Crippen LogP contribution is -2.43. The molecule has 184 valence electrons. The number of halogens is 2. The number of carbonyl (C=O) groups is 2. The van der Waals surface area contributed by atoms with Crippen molar-refractivity contribution < 1.29 is 28.9 Å². The van der Waals surface area contributed by atoms with Crippen LogP contribution < -0.4 is 0 Å². The van der Waals surface area contributed by atoms with Gasteiger partial charge in [0.15, 0.2) is 0 Å². The molecule has 0 atom stereocenters. The highest BCUT2D eigenvalue weighted by molar-refractivity contribution is 6.28. The van der Waals surface area contributed by atoms with Crippen LogP contribution in [0.15, 0.2) is 24.5 Å². The summed E-state index contributed by atoms with van der Waals surface area (Å²) in [5.41, 5.74) is -0.654. The zero-order valence-corrected chi connectivity index (χ0v) is 20.2. The maximum atomic E-state index is 12.3. The largest absolute Gasteiger partial charge is 0.481 e. The SMILES string of the molecule is CCOC(=O)C1(c2ccnc(Cl)n2)CCOCC1.O=C(O)C1(c2ccnc(Cl)n2)CCOCC1. The first-order valence-electron chi connectivity index (χ1n) is 10.9. The second-order valence-corrected chi connectivity index (χ2v) is 8.51. The zero-order valence-electron chi connectivity index (χ0n) is 18.7. The number of esters is 1. The maximum Gasteiger partial charge on any atom is 0.318 e. The molecule has 4 rings (SSSR count). The Balaban J connectivity index is 0.000000192. The van der Waals surface area contributed by atoms with E-state index in [2.05, 4.69) is 19.9 Å². The molecule has 0 unspecified atom stereocenters. The van der Waals surface area contributed by atoms with Gasteiger partial charge in [-0.1, -0.05) is 0 Å². The Labute approximate surface area is 207 Å². The minimum atomic E-state index is -0.981. The topological polar surface area (TPSA) is 134 Å². The Hall–Kier alpha value is -2.40. The van der Waals surface area contributed by atoms with Crippen LogP contribution in [0, 0.1) is 0 Å². The van der Waals surface area contributed by atoms with Crippen molar-refractivity contribution in [1.29, 1.82) is 0 Å². The molecule has 0 aliphatic carbocycles. The Morgan fingerprint density at radius 2 is 1.35 bits per heavy atom. The lowest BCUT2D eigenvalue weighted by molar-refractivity contribution is -0.154. The number of carbonyl (C=O) groups excluding carboxylic acids is 1. The summed E-state index contributed by atoms with van der Waals surface area (Å²) in [6, 6.07) is 3.32. The van der Waals surface area contributed by atoms with E-state index in [1.165, 1.54) is 6.20 Å². The van der Waals surface area contributed by atoms with Crippen molar-refractivity contribution >= 4 is 35.1 Å². The first-order chi connectivity index (χ1) is 16.3. The van der Waals surface area contributed by atoms with E-state index in [-0.39, 0.29) is 16.5 Å². The van der Waals surface area contributed by atoms with Crippen molar-refractivity contribution in [2.24, 2.45) is 0 Å². The van der Waals surface area contributed by atoms with Crippen LogP contribution in [0.1, 0.15) is 44.0 Å². The molecule has 34 heavy (non-hydrogen) atoms. The Kier molecular flexibility index (Phi) is 9.12. The molecule has 10 nitrogen and oxygen atoms in total. The molecule has 2 fully saturated rings. The van der Waals surface area contributed by atoms with Crippen LogP contribution in [0.25, 0.3) is 0 Å². The van der Waals surface area contributed by atoms with E-state index >= 15 is 0 Å². The molecule has 0 aromatic carbocycles. The predicted octanol–water partition coefficient (Wildman–Crippen LogP) is 3.00. The van der Waals surface area contributed by atoms with Crippen molar-refractivity contribution in [2.45, 2.75) is 43.4 Å². The third kappa shape index (κ3) is 5.80. The van der Waals surface area contributed by atoms with Gasteiger partial charge in [-0.05, 0) is 67.9 Å². The average Bonchev–Trinajstić information content (AvgIpc) is 2.85. The van der Waals surface area contributed by atoms with Crippen molar-refractivity contribution in [3.63, 3.8) is 0 Å². The van der Waals surface area contributed by atoms with Crippen molar-refractivity contribution in [3.8, 4) is 0 Å². The molecule has 0 spiro atoms. The molecule has 0 bridgehead atoms. The van der Waals surface area contributed by atoms with Crippen LogP contribution in [0.3, 0.4) is 0 Å². The van der Waals surface area contributed by atoms with Gasteiger partial charge in [0.1, 0.15) is 10.8 Å². The summed E-state index contributed by atoms with van der Waals surface area (Å²) < 4.78 is 15.7. The molecule has 12 heteroatoms. The number of ether oxygens (including phenoxy) is 3. The first-order valence-corrected chi connectivity index (χ1v) is 11.6. The van der Waals surface area contributed by atoms with Gasteiger partial charge in [0.25, 0.3) is 0 Å². The molecule has 0 saturated carbocycles. The Morgan fingerprint density at radius 3 is 1.76 bits per heavy atom. The summed E-state index contributed by atoms with van der Waals surface area (Å²) in [5.74, 6) is -1.14. The van der Waals surface area contributed by atoms with E-state index in [1.54, 1.807) is 25.3 Å². The quantitative estimate of drug-likeness (QED) is 0.470. The van der Waals surface area contributed by atoms with E-state index < -0.39 is 16.8 Å². The van der Waals surface area contributed by atoms with Crippen molar-refractivity contribution in [1.82, 2.24) is 19.9 Å². The second-order valence-electron chi connectivity index (χ2n) is 7.84. The number of aliphatic carboxylic acids is 1. The summed E-state index contributed by atoms with van der Waals surface area (Å²) >= 11 is 11.5. The maximum absolute atomic E-state index is 12.3. The van der Waals surface area contributed by atoms with Crippen LogP contribution >= 0.6 is 23.2 Å². The first kappa shape index (κ1) is 26.2. The van der Waals surface area contributed by atoms with Gasteiger partial charge in [-0.3, -0.25) is 9.59 Å². The molecule has 2 aliphatic rings. The van der Waals surface area contributed by atoms with E-state index in [4.69, 9.17) is 37.4 Å². The normalized spacial score (nSPS) is 18.8. The molecule has 0 amide bonds. The molecule has 2 aliphatic heterocycles. The van der Waals surface area contributed by atoms with Gasteiger partial charge in [0.05, 0.1) is 18.0 Å². The van der Waals surface area contributed by atoms with Crippen LogP contribution in [-0.4, -0.2) is 70.0 Å². The van der Waals surface area contributed by atoms with Gasteiger partial charge in [0, 0.05) is 38.8 Å². The predicted molar refractivity (Wildman–Crippen MR) is 122 cm³/mol. The third-order valence-corrected chi connectivity index (χ3v) is 6.37. The second kappa shape index (κ2) is 11.8. The standard InChI is InChI=1S/C12H15ClN2O3.C10H11ClN2O3/c1-2-18-10(16)12(4-7-17-8-5-12)9-3-6-14-11(13)15-9;11-9-12-4-1-7(13-9)10(8(14)15)2-5-16-6-3-10/h3,6H,2,4-5,7-8H2,1H3;1,4H,2-3,5-6H2,(H,14,15). The van der Waals surface area contributed by atoms with Crippen LogP contribution in [0.4, 0.5) is 0 Å². The average molecular weight is 513 g/mol. The molecule has 1 N–H and O–H groups in total. The fourth-order valence-corrected chi connectivity index (χ4v) is 4.35. The number of rotatable bonds is 5. The summed E-state index contributed by atoms with van der Waals surface area (Å²) in [7, 11) is 0. The van der Waals surface area contributed by atoms with Gasteiger partial charge in [-0.15, -0.1) is 0 Å². The minimum absolute atomic E-state index is 0.0737. The number of hydrogen-bond acceptors (Lipinski definition) is 9. The molecule has 2 aromatic rings. The summed E-state index contributed by atoms with van der Waals surface area (Å²) in [6.45, 7) is 4.01. The van der Waals surface area contributed by atoms with E-state index in [9.17, 15) is 14.7 Å². The number of carboxylic acids is 1. The van der Waals surface area contributed by atoms with E-state index in [0.717, 1.165) is 0 Å². The monoisotopic (exact) mass is 512 g/mol. The lowest BCUT2D eigenvalue weighted by atomic mass is 9.77.